The summed E-state index contributed by atoms with van der Waals surface area (Å²) >= 11 is 12.1. The van der Waals surface area contributed by atoms with Crippen LogP contribution in [0.3, 0.4) is 0 Å². The smallest absolute Gasteiger partial charge is 0.336 e. The first-order valence-electron chi connectivity index (χ1n) is 6.28. The standard InChI is InChI=1S/C16H9Cl2NO3/c17-9-5-11-12(16(21)22)7-14(19-15(11)13(18)6-9)8-1-3-10(20)4-2-8/h1-7,20H,(H,21,22). The number of aromatic hydroxyl groups is 1. The van der Waals surface area contributed by atoms with E-state index in [2.05, 4.69) is 4.98 Å². The van der Waals surface area contributed by atoms with Crippen molar-refractivity contribution in [3.63, 3.8) is 0 Å². The largest absolute Gasteiger partial charge is 0.508 e. The quantitative estimate of drug-likeness (QED) is 0.718. The Bertz CT molecular complexity index is 892. The predicted molar refractivity (Wildman–Crippen MR) is 85.8 cm³/mol. The molecular weight excluding hydrogens is 325 g/mol. The van der Waals surface area contributed by atoms with E-state index in [0.29, 0.717) is 27.2 Å². The molecule has 4 nitrogen and oxygen atoms in total. The van der Waals surface area contributed by atoms with Gasteiger partial charge >= 0.3 is 5.97 Å². The molecule has 110 valence electrons. The number of nitrogens with zero attached hydrogens (tertiary/aromatic N) is 1. The van der Waals surface area contributed by atoms with Crippen LogP contribution in [-0.4, -0.2) is 21.2 Å². The minimum absolute atomic E-state index is 0.0671. The fraction of sp³-hybridized carbons (Fsp3) is 0. The summed E-state index contributed by atoms with van der Waals surface area (Å²) in [6.07, 6.45) is 0. The van der Waals surface area contributed by atoms with Gasteiger partial charge in [0, 0.05) is 16.0 Å². The lowest BCUT2D eigenvalue weighted by molar-refractivity contribution is 0.0699. The Balaban J connectivity index is 2.34. The highest BCUT2D eigenvalue weighted by Gasteiger charge is 2.15. The van der Waals surface area contributed by atoms with Gasteiger partial charge in [0.15, 0.2) is 0 Å². The van der Waals surface area contributed by atoms with Gasteiger partial charge in [0.05, 0.1) is 21.8 Å². The van der Waals surface area contributed by atoms with Crippen LogP contribution in [0.2, 0.25) is 10.0 Å². The molecular formula is C16H9Cl2NO3. The second kappa shape index (κ2) is 5.48. The Labute approximate surface area is 135 Å². The maximum absolute atomic E-state index is 11.5. The van der Waals surface area contributed by atoms with E-state index < -0.39 is 5.97 Å². The van der Waals surface area contributed by atoms with E-state index >= 15 is 0 Å². The Morgan fingerprint density at radius 3 is 2.36 bits per heavy atom. The van der Waals surface area contributed by atoms with Gasteiger partial charge in [0.2, 0.25) is 0 Å². The number of hydrogen-bond acceptors (Lipinski definition) is 3. The number of fused-ring (bicyclic) bond motifs is 1. The molecule has 0 saturated heterocycles. The van der Waals surface area contributed by atoms with Gasteiger partial charge in [-0.05, 0) is 42.5 Å². The first-order chi connectivity index (χ1) is 10.5. The van der Waals surface area contributed by atoms with Crippen molar-refractivity contribution in [1.29, 1.82) is 0 Å². The van der Waals surface area contributed by atoms with Crippen LogP contribution < -0.4 is 0 Å². The molecule has 0 aliphatic heterocycles. The molecule has 3 aromatic rings. The van der Waals surface area contributed by atoms with E-state index in [1.807, 2.05) is 0 Å². The summed E-state index contributed by atoms with van der Waals surface area (Å²) in [5.74, 6) is -0.974. The first-order valence-corrected chi connectivity index (χ1v) is 7.04. The maximum atomic E-state index is 11.5. The number of carboxylic acid groups (broad SMARTS) is 1. The highest BCUT2D eigenvalue weighted by atomic mass is 35.5. The third-order valence-corrected chi connectivity index (χ3v) is 3.73. The third-order valence-electron chi connectivity index (χ3n) is 3.23. The van der Waals surface area contributed by atoms with E-state index in [-0.39, 0.29) is 16.3 Å². The molecule has 0 amide bonds. The summed E-state index contributed by atoms with van der Waals surface area (Å²) in [7, 11) is 0. The van der Waals surface area contributed by atoms with Crippen LogP contribution in [0.1, 0.15) is 10.4 Å². The number of carbonyl (C=O) groups is 1. The number of rotatable bonds is 2. The Kier molecular flexibility index (Phi) is 3.64. The molecule has 3 rings (SSSR count). The van der Waals surface area contributed by atoms with Crippen LogP contribution in [0, 0.1) is 0 Å². The second-order valence-corrected chi connectivity index (χ2v) is 5.53. The van der Waals surface area contributed by atoms with Gasteiger partial charge in [0.25, 0.3) is 0 Å². The van der Waals surface area contributed by atoms with Gasteiger partial charge < -0.3 is 10.2 Å². The number of pyridine rings is 1. The van der Waals surface area contributed by atoms with Crippen LogP contribution in [0.15, 0.2) is 42.5 Å². The number of benzene rings is 2. The van der Waals surface area contributed by atoms with Crippen LogP contribution in [0.5, 0.6) is 5.75 Å². The predicted octanol–water partition coefficient (Wildman–Crippen LogP) is 4.61. The Hall–Kier alpha value is -2.30. The topological polar surface area (TPSA) is 70.4 Å². The molecule has 6 heteroatoms. The summed E-state index contributed by atoms with van der Waals surface area (Å²) < 4.78 is 0. The van der Waals surface area contributed by atoms with Gasteiger partial charge in [-0.2, -0.15) is 0 Å². The minimum atomic E-state index is -1.09. The molecule has 0 unspecified atom stereocenters. The van der Waals surface area contributed by atoms with Crippen LogP contribution in [0.25, 0.3) is 22.2 Å². The van der Waals surface area contributed by atoms with Crippen molar-refractivity contribution in [3.05, 3.63) is 58.1 Å². The number of aromatic nitrogens is 1. The molecule has 0 bridgehead atoms. The van der Waals surface area contributed by atoms with Gasteiger partial charge in [-0.3, -0.25) is 0 Å². The number of carboxylic acids is 1. The van der Waals surface area contributed by atoms with Crippen LogP contribution in [-0.2, 0) is 0 Å². The second-order valence-electron chi connectivity index (χ2n) is 4.69. The van der Waals surface area contributed by atoms with Crippen molar-refractivity contribution >= 4 is 40.1 Å². The lowest BCUT2D eigenvalue weighted by Gasteiger charge is -2.09. The van der Waals surface area contributed by atoms with Gasteiger partial charge in [-0.15, -0.1) is 0 Å². The third kappa shape index (κ3) is 2.58. The van der Waals surface area contributed by atoms with E-state index in [0.717, 1.165) is 0 Å². The van der Waals surface area contributed by atoms with Gasteiger partial charge in [-0.1, -0.05) is 23.2 Å². The lowest BCUT2D eigenvalue weighted by Crippen LogP contribution is -2.00. The van der Waals surface area contributed by atoms with Crippen molar-refractivity contribution in [2.75, 3.05) is 0 Å². The maximum Gasteiger partial charge on any atom is 0.336 e. The fourth-order valence-corrected chi connectivity index (χ4v) is 2.74. The summed E-state index contributed by atoms with van der Waals surface area (Å²) in [5, 5.41) is 19.8. The average Bonchev–Trinajstić information content (AvgIpc) is 2.47. The monoisotopic (exact) mass is 333 g/mol. The molecule has 1 heterocycles. The normalized spacial score (nSPS) is 10.8. The van der Waals surface area contributed by atoms with Crippen molar-refractivity contribution in [1.82, 2.24) is 4.98 Å². The molecule has 0 atom stereocenters. The molecule has 0 spiro atoms. The van der Waals surface area contributed by atoms with Crippen molar-refractivity contribution in [3.8, 4) is 17.0 Å². The zero-order chi connectivity index (χ0) is 15.9. The van der Waals surface area contributed by atoms with Crippen molar-refractivity contribution < 1.29 is 15.0 Å². The molecule has 0 aliphatic carbocycles. The molecule has 1 aromatic heterocycles. The number of phenols is 1. The van der Waals surface area contributed by atoms with Gasteiger partial charge in [0.1, 0.15) is 5.75 Å². The molecule has 2 N–H and O–H groups in total. The summed E-state index contributed by atoms with van der Waals surface area (Å²) in [4.78, 5) is 15.9. The Morgan fingerprint density at radius 1 is 1.05 bits per heavy atom. The molecule has 0 saturated carbocycles. The lowest BCUT2D eigenvalue weighted by atomic mass is 10.0. The highest BCUT2D eigenvalue weighted by Crippen LogP contribution is 2.32. The Morgan fingerprint density at radius 2 is 1.73 bits per heavy atom. The fourth-order valence-electron chi connectivity index (χ4n) is 2.21. The van der Waals surface area contributed by atoms with E-state index in [1.54, 1.807) is 12.1 Å². The van der Waals surface area contributed by atoms with E-state index in [4.69, 9.17) is 23.2 Å². The number of halogens is 2. The van der Waals surface area contributed by atoms with Crippen molar-refractivity contribution in [2.24, 2.45) is 0 Å². The molecule has 0 aliphatic rings. The summed E-state index contributed by atoms with van der Waals surface area (Å²) in [5.41, 5.74) is 1.56. The van der Waals surface area contributed by atoms with Crippen molar-refractivity contribution in [2.45, 2.75) is 0 Å². The molecule has 22 heavy (non-hydrogen) atoms. The molecule has 0 radical (unpaired) electrons. The number of aromatic carboxylic acids is 1. The molecule has 2 aromatic carbocycles. The summed E-state index contributed by atoms with van der Waals surface area (Å²) in [6, 6.07) is 10.8. The number of phenolic OH excluding ortho intramolecular Hbond substituents is 1. The minimum Gasteiger partial charge on any atom is -0.508 e. The molecule has 0 fully saturated rings. The average molecular weight is 334 g/mol. The van der Waals surface area contributed by atoms with E-state index in [1.165, 1.54) is 30.3 Å². The zero-order valence-corrected chi connectivity index (χ0v) is 12.6. The SMILES string of the molecule is O=C(O)c1cc(-c2ccc(O)cc2)nc2c(Cl)cc(Cl)cc12. The first kappa shape index (κ1) is 14.6. The zero-order valence-electron chi connectivity index (χ0n) is 11.0. The van der Waals surface area contributed by atoms with Crippen LogP contribution in [0.4, 0.5) is 0 Å². The number of hydrogen-bond donors (Lipinski definition) is 2. The van der Waals surface area contributed by atoms with Gasteiger partial charge in [-0.25, -0.2) is 9.78 Å². The highest BCUT2D eigenvalue weighted by molar-refractivity contribution is 6.38. The summed E-state index contributed by atoms with van der Waals surface area (Å²) in [6.45, 7) is 0. The van der Waals surface area contributed by atoms with Crippen LogP contribution >= 0.6 is 23.2 Å². The van der Waals surface area contributed by atoms with E-state index in [9.17, 15) is 15.0 Å².